The highest BCUT2D eigenvalue weighted by Crippen LogP contribution is 2.16. The molecule has 1 saturated heterocycles. The molecule has 0 radical (unpaired) electrons. The average Bonchev–Trinajstić information content (AvgIpc) is 2.65. The Morgan fingerprint density at radius 2 is 1.96 bits per heavy atom. The first-order valence-electron chi connectivity index (χ1n) is 7.52. The van der Waals surface area contributed by atoms with E-state index in [-0.39, 0.29) is 16.4 Å². The molecule has 0 unspecified atom stereocenters. The van der Waals surface area contributed by atoms with Crippen molar-refractivity contribution in [2.24, 2.45) is 0 Å². The molecular formula is C15H20N2O7S. The molecule has 1 heterocycles. The van der Waals surface area contributed by atoms with Crippen LogP contribution in [-0.2, 0) is 29.1 Å². The van der Waals surface area contributed by atoms with Gasteiger partial charge in [-0.1, -0.05) is 10.5 Å². The van der Waals surface area contributed by atoms with Crippen molar-refractivity contribution < 1.29 is 32.3 Å². The Hall–Kier alpha value is -2.01. The molecule has 0 atom stereocenters. The lowest BCUT2D eigenvalue weighted by atomic mass is 10.2. The number of rotatable bonds is 6. The second-order valence-corrected chi connectivity index (χ2v) is 7.13. The van der Waals surface area contributed by atoms with E-state index < -0.39 is 22.6 Å². The van der Waals surface area contributed by atoms with Crippen molar-refractivity contribution in [1.29, 1.82) is 0 Å². The molecule has 1 fully saturated rings. The number of amides is 1. The fraction of sp³-hybridized carbons (Fsp3) is 0.467. The minimum atomic E-state index is -3.88. The molecule has 10 heteroatoms. The lowest BCUT2D eigenvalue weighted by Crippen LogP contribution is -2.42. The van der Waals surface area contributed by atoms with Crippen molar-refractivity contribution >= 4 is 21.9 Å². The van der Waals surface area contributed by atoms with Gasteiger partial charge in [0.15, 0.2) is 6.61 Å². The van der Waals surface area contributed by atoms with Gasteiger partial charge in [0.05, 0.1) is 30.8 Å². The number of hydrogen-bond acceptors (Lipinski definition) is 7. The van der Waals surface area contributed by atoms with E-state index in [9.17, 15) is 18.0 Å². The molecule has 1 aromatic carbocycles. The molecule has 2 rings (SSSR count). The van der Waals surface area contributed by atoms with Gasteiger partial charge in [-0.25, -0.2) is 13.2 Å². The van der Waals surface area contributed by atoms with E-state index >= 15 is 0 Å². The van der Waals surface area contributed by atoms with Crippen molar-refractivity contribution in [3.05, 3.63) is 29.8 Å². The van der Waals surface area contributed by atoms with Crippen LogP contribution in [0.15, 0.2) is 29.2 Å². The molecule has 1 amide bonds. The van der Waals surface area contributed by atoms with Crippen molar-refractivity contribution in [2.75, 3.05) is 47.1 Å². The molecule has 0 saturated carbocycles. The number of esters is 1. The second kappa shape index (κ2) is 8.39. The molecule has 0 spiro atoms. The van der Waals surface area contributed by atoms with Crippen molar-refractivity contribution in [3.63, 3.8) is 0 Å². The third kappa shape index (κ3) is 4.75. The van der Waals surface area contributed by atoms with Crippen molar-refractivity contribution in [3.8, 4) is 0 Å². The Labute approximate surface area is 146 Å². The van der Waals surface area contributed by atoms with Crippen LogP contribution in [0.3, 0.4) is 0 Å². The fourth-order valence-electron chi connectivity index (χ4n) is 2.14. The van der Waals surface area contributed by atoms with Gasteiger partial charge in [-0.05, 0) is 18.2 Å². The first-order valence-corrected chi connectivity index (χ1v) is 8.96. The largest absolute Gasteiger partial charge is 0.452 e. The van der Waals surface area contributed by atoms with Gasteiger partial charge in [-0.2, -0.15) is 0 Å². The van der Waals surface area contributed by atoms with Gasteiger partial charge in [-0.3, -0.25) is 9.63 Å². The fourth-order valence-corrected chi connectivity index (χ4v) is 3.16. The van der Waals surface area contributed by atoms with Gasteiger partial charge in [0.1, 0.15) is 0 Å². The number of hydroxylamine groups is 1. The maximum atomic E-state index is 12.2. The SMILES string of the molecule is CON(C)S(=O)(=O)c1cccc(C(=O)OCC(=O)N2CCOCC2)c1. The number of carbonyl (C=O) groups is 2. The number of morpholine rings is 1. The number of carbonyl (C=O) groups excluding carboxylic acids is 2. The molecule has 0 bridgehead atoms. The summed E-state index contributed by atoms with van der Waals surface area (Å²) in [6, 6.07) is 5.33. The normalized spacial score (nSPS) is 15.2. The summed E-state index contributed by atoms with van der Waals surface area (Å²) in [6.07, 6.45) is 0. The van der Waals surface area contributed by atoms with Gasteiger partial charge < -0.3 is 14.4 Å². The maximum Gasteiger partial charge on any atom is 0.338 e. The van der Waals surface area contributed by atoms with Crippen LogP contribution in [-0.4, -0.2) is 76.7 Å². The molecule has 9 nitrogen and oxygen atoms in total. The highest BCUT2D eigenvalue weighted by atomic mass is 32.2. The second-order valence-electron chi connectivity index (χ2n) is 5.19. The summed E-state index contributed by atoms with van der Waals surface area (Å²) in [7, 11) is -1.43. The van der Waals surface area contributed by atoms with E-state index in [1.165, 1.54) is 38.4 Å². The summed E-state index contributed by atoms with van der Waals surface area (Å²) >= 11 is 0. The Kier molecular flexibility index (Phi) is 6.48. The monoisotopic (exact) mass is 372 g/mol. The third-order valence-electron chi connectivity index (χ3n) is 3.65. The van der Waals surface area contributed by atoms with Crippen LogP contribution >= 0.6 is 0 Å². The zero-order valence-corrected chi connectivity index (χ0v) is 14.8. The standard InChI is InChI=1S/C15H20N2O7S/c1-16(22-2)25(20,21)13-5-3-4-12(10-13)15(19)24-11-14(18)17-6-8-23-9-7-17/h3-5,10H,6-9,11H2,1-2H3. The predicted octanol–water partition coefficient (Wildman–Crippen LogP) is -0.116. The van der Waals surface area contributed by atoms with Crippen LogP contribution in [0.2, 0.25) is 0 Å². The quantitative estimate of drug-likeness (QED) is 0.507. The van der Waals surface area contributed by atoms with Gasteiger partial charge in [0.2, 0.25) is 0 Å². The van der Waals surface area contributed by atoms with Crippen LogP contribution in [0.4, 0.5) is 0 Å². The van der Waals surface area contributed by atoms with Crippen LogP contribution in [0, 0.1) is 0 Å². The van der Waals surface area contributed by atoms with Crippen LogP contribution in [0.25, 0.3) is 0 Å². The zero-order chi connectivity index (χ0) is 18.4. The minimum Gasteiger partial charge on any atom is -0.452 e. The third-order valence-corrected chi connectivity index (χ3v) is 5.33. The molecule has 0 aliphatic carbocycles. The Balaban J connectivity index is 2.02. The Morgan fingerprint density at radius 3 is 2.60 bits per heavy atom. The summed E-state index contributed by atoms with van der Waals surface area (Å²) in [5.74, 6) is -1.10. The number of nitrogens with zero attached hydrogens (tertiary/aromatic N) is 2. The zero-order valence-electron chi connectivity index (χ0n) is 14.0. The van der Waals surface area contributed by atoms with E-state index in [4.69, 9.17) is 9.47 Å². The molecule has 1 aliphatic rings. The minimum absolute atomic E-state index is 0.0281. The maximum absolute atomic E-state index is 12.2. The summed E-state index contributed by atoms with van der Waals surface area (Å²) < 4.78 is 35.2. The molecule has 25 heavy (non-hydrogen) atoms. The molecule has 0 N–H and O–H groups in total. The molecule has 1 aliphatic heterocycles. The number of sulfonamides is 1. The summed E-state index contributed by atoms with van der Waals surface area (Å²) in [4.78, 5) is 30.2. The van der Waals surface area contributed by atoms with Gasteiger partial charge >= 0.3 is 5.97 Å². The highest BCUT2D eigenvalue weighted by Gasteiger charge is 2.23. The smallest absolute Gasteiger partial charge is 0.338 e. The first-order chi connectivity index (χ1) is 11.9. The van der Waals surface area contributed by atoms with Crippen molar-refractivity contribution in [2.45, 2.75) is 4.90 Å². The van der Waals surface area contributed by atoms with E-state index in [2.05, 4.69) is 4.84 Å². The number of hydrogen-bond donors (Lipinski definition) is 0. The van der Waals surface area contributed by atoms with Gasteiger partial charge in [0, 0.05) is 20.1 Å². The van der Waals surface area contributed by atoms with E-state index in [0.29, 0.717) is 30.8 Å². The summed E-state index contributed by atoms with van der Waals surface area (Å²) in [5.41, 5.74) is 0.0281. The van der Waals surface area contributed by atoms with Crippen LogP contribution in [0.1, 0.15) is 10.4 Å². The van der Waals surface area contributed by atoms with E-state index in [1.54, 1.807) is 4.90 Å². The lowest BCUT2D eigenvalue weighted by Gasteiger charge is -2.26. The predicted molar refractivity (Wildman–Crippen MR) is 86.1 cm³/mol. The molecule has 0 aromatic heterocycles. The number of ether oxygens (including phenoxy) is 2. The summed E-state index contributed by atoms with van der Waals surface area (Å²) in [6.45, 7) is 1.40. The van der Waals surface area contributed by atoms with Crippen molar-refractivity contribution in [1.82, 2.24) is 9.37 Å². The molecule has 138 valence electrons. The van der Waals surface area contributed by atoms with Gasteiger partial charge in [-0.15, -0.1) is 0 Å². The molecule has 1 aromatic rings. The molecular weight excluding hydrogens is 352 g/mol. The highest BCUT2D eigenvalue weighted by molar-refractivity contribution is 7.89. The van der Waals surface area contributed by atoms with E-state index in [1.807, 2.05) is 0 Å². The Morgan fingerprint density at radius 1 is 1.28 bits per heavy atom. The first kappa shape index (κ1) is 19.3. The van der Waals surface area contributed by atoms with Crippen LogP contribution < -0.4 is 0 Å². The van der Waals surface area contributed by atoms with E-state index in [0.717, 1.165) is 0 Å². The summed E-state index contributed by atoms with van der Waals surface area (Å²) in [5, 5.41) is 0. The van der Waals surface area contributed by atoms with Gasteiger partial charge in [0.25, 0.3) is 15.9 Å². The topological polar surface area (TPSA) is 102 Å². The Bertz CT molecular complexity index is 729. The number of benzene rings is 1. The lowest BCUT2D eigenvalue weighted by molar-refractivity contribution is -0.138. The van der Waals surface area contributed by atoms with Crippen LogP contribution in [0.5, 0.6) is 0 Å². The average molecular weight is 372 g/mol.